The van der Waals surface area contributed by atoms with Gasteiger partial charge < -0.3 is 15.1 Å². The van der Waals surface area contributed by atoms with Crippen molar-refractivity contribution in [2.75, 3.05) is 39.3 Å². The molecule has 1 N–H and O–H groups in total. The normalized spacial score (nSPS) is 17.9. The molecule has 0 bridgehead atoms. The largest absolute Gasteiger partial charge is 0.338 e. The van der Waals surface area contributed by atoms with Crippen molar-refractivity contribution in [2.24, 2.45) is 5.92 Å². The SMILES string of the molecule is CC(C)C[C@H](NC(=O)N1CCCCCC1)C(=O)N1CCN(C(c2ccc(F)cc2)c2ccc(F)cc2)CC1. The summed E-state index contributed by atoms with van der Waals surface area (Å²) in [4.78, 5) is 32.6. The Labute approximate surface area is 225 Å². The van der Waals surface area contributed by atoms with Crippen molar-refractivity contribution in [1.29, 1.82) is 0 Å². The fourth-order valence-corrected chi connectivity index (χ4v) is 5.53. The molecule has 1 atom stereocenters. The average Bonchev–Trinajstić information content (AvgIpc) is 3.20. The first-order valence-corrected chi connectivity index (χ1v) is 13.9. The Bertz CT molecular complexity index is 999. The number of nitrogens with one attached hydrogen (secondary N) is 1. The first kappa shape index (κ1) is 28.0. The molecule has 6 nitrogen and oxygen atoms in total. The minimum atomic E-state index is -0.553. The van der Waals surface area contributed by atoms with E-state index in [9.17, 15) is 18.4 Å². The summed E-state index contributed by atoms with van der Waals surface area (Å²) in [6, 6.07) is 11.9. The van der Waals surface area contributed by atoms with Crippen LogP contribution in [0.3, 0.4) is 0 Å². The van der Waals surface area contributed by atoms with Crippen molar-refractivity contribution < 1.29 is 18.4 Å². The van der Waals surface area contributed by atoms with E-state index in [2.05, 4.69) is 24.1 Å². The van der Waals surface area contributed by atoms with E-state index in [-0.39, 0.29) is 35.5 Å². The van der Waals surface area contributed by atoms with Gasteiger partial charge in [-0.15, -0.1) is 0 Å². The molecule has 0 aromatic heterocycles. The van der Waals surface area contributed by atoms with E-state index in [1.807, 2.05) is 9.80 Å². The zero-order chi connectivity index (χ0) is 27.1. The minimum Gasteiger partial charge on any atom is -0.338 e. The lowest BCUT2D eigenvalue weighted by Gasteiger charge is -2.41. The van der Waals surface area contributed by atoms with Gasteiger partial charge in [0, 0.05) is 39.3 Å². The number of rotatable bonds is 7. The fourth-order valence-electron chi connectivity index (χ4n) is 5.53. The third-order valence-electron chi connectivity index (χ3n) is 7.56. The Morgan fingerprint density at radius 1 is 0.737 bits per heavy atom. The van der Waals surface area contributed by atoms with Gasteiger partial charge in [0.2, 0.25) is 5.91 Å². The second-order valence-electron chi connectivity index (χ2n) is 10.9. The molecule has 2 saturated heterocycles. The molecule has 0 saturated carbocycles. The van der Waals surface area contributed by atoms with E-state index < -0.39 is 6.04 Å². The van der Waals surface area contributed by atoms with Gasteiger partial charge in [0.25, 0.3) is 0 Å². The molecule has 2 heterocycles. The van der Waals surface area contributed by atoms with E-state index in [1.54, 1.807) is 24.3 Å². The highest BCUT2D eigenvalue weighted by molar-refractivity contribution is 5.87. The van der Waals surface area contributed by atoms with Crippen molar-refractivity contribution >= 4 is 11.9 Å². The van der Waals surface area contributed by atoms with Crippen molar-refractivity contribution in [1.82, 2.24) is 20.0 Å². The lowest BCUT2D eigenvalue weighted by atomic mass is 9.96. The highest BCUT2D eigenvalue weighted by atomic mass is 19.1. The van der Waals surface area contributed by atoms with Gasteiger partial charge in [0.1, 0.15) is 17.7 Å². The number of hydrogen-bond donors (Lipinski definition) is 1. The van der Waals surface area contributed by atoms with Crippen LogP contribution in [-0.4, -0.2) is 71.9 Å². The smallest absolute Gasteiger partial charge is 0.318 e. The number of hydrogen-bond acceptors (Lipinski definition) is 3. The van der Waals surface area contributed by atoms with Gasteiger partial charge in [0.15, 0.2) is 0 Å². The van der Waals surface area contributed by atoms with Crippen LogP contribution >= 0.6 is 0 Å². The van der Waals surface area contributed by atoms with E-state index in [0.717, 1.165) is 49.9 Å². The molecule has 0 aliphatic carbocycles. The molecule has 2 aromatic rings. The van der Waals surface area contributed by atoms with Gasteiger partial charge in [-0.1, -0.05) is 51.0 Å². The number of benzene rings is 2. The van der Waals surface area contributed by atoms with Crippen LogP contribution in [0.2, 0.25) is 0 Å². The average molecular weight is 527 g/mol. The van der Waals surface area contributed by atoms with Gasteiger partial charge in [-0.05, 0) is 60.6 Å². The number of nitrogens with zero attached hydrogens (tertiary/aromatic N) is 3. The first-order chi connectivity index (χ1) is 18.3. The Balaban J connectivity index is 1.44. The molecular weight excluding hydrogens is 486 g/mol. The van der Waals surface area contributed by atoms with Crippen molar-refractivity contribution in [2.45, 2.75) is 58.0 Å². The quantitative estimate of drug-likeness (QED) is 0.540. The summed E-state index contributed by atoms with van der Waals surface area (Å²) in [6.45, 7) is 7.86. The maximum absolute atomic E-state index is 13.6. The topological polar surface area (TPSA) is 55.9 Å². The second-order valence-corrected chi connectivity index (χ2v) is 10.9. The third-order valence-corrected chi connectivity index (χ3v) is 7.56. The molecule has 206 valence electrons. The van der Waals surface area contributed by atoms with Crippen LogP contribution in [0.25, 0.3) is 0 Å². The van der Waals surface area contributed by atoms with Gasteiger partial charge in [0.05, 0.1) is 6.04 Å². The van der Waals surface area contributed by atoms with Crippen LogP contribution in [-0.2, 0) is 4.79 Å². The Morgan fingerprint density at radius 3 is 1.71 bits per heavy atom. The lowest BCUT2D eigenvalue weighted by Crippen LogP contribution is -2.57. The van der Waals surface area contributed by atoms with Crippen LogP contribution in [0.5, 0.6) is 0 Å². The van der Waals surface area contributed by atoms with E-state index in [4.69, 9.17) is 0 Å². The molecule has 2 fully saturated rings. The van der Waals surface area contributed by atoms with E-state index >= 15 is 0 Å². The number of piperazine rings is 1. The van der Waals surface area contributed by atoms with E-state index in [0.29, 0.717) is 32.6 Å². The molecule has 0 spiro atoms. The predicted octanol–water partition coefficient (Wildman–Crippen LogP) is 5.20. The van der Waals surface area contributed by atoms with Crippen LogP contribution in [0, 0.1) is 17.6 Å². The molecule has 2 aliphatic rings. The summed E-state index contributed by atoms with van der Waals surface area (Å²) in [7, 11) is 0. The molecule has 2 aliphatic heterocycles. The Hall–Kier alpha value is -3.00. The number of likely N-dealkylation sites (tertiary alicyclic amines) is 1. The number of urea groups is 1. The maximum atomic E-state index is 13.6. The number of halogens is 2. The maximum Gasteiger partial charge on any atom is 0.318 e. The summed E-state index contributed by atoms with van der Waals surface area (Å²) in [6.07, 6.45) is 4.87. The summed E-state index contributed by atoms with van der Waals surface area (Å²) in [5.74, 6) is -0.390. The molecule has 0 radical (unpaired) electrons. The molecule has 0 unspecified atom stereocenters. The van der Waals surface area contributed by atoms with E-state index in [1.165, 1.54) is 24.3 Å². The zero-order valence-electron chi connectivity index (χ0n) is 22.5. The van der Waals surface area contributed by atoms with Gasteiger partial charge in [-0.25, -0.2) is 13.6 Å². The summed E-state index contributed by atoms with van der Waals surface area (Å²) >= 11 is 0. The van der Waals surface area contributed by atoms with Crippen LogP contribution in [0.15, 0.2) is 48.5 Å². The van der Waals surface area contributed by atoms with Crippen LogP contribution in [0.1, 0.15) is 63.1 Å². The Morgan fingerprint density at radius 2 is 1.24 bits per heavy atom. The van der Waals surface area contributed by atoms with Gasteiger partial charge in [-0.2, -0.15) is 0 Å². The first-order valence-electron chi connectivity index (χ1n) is 13.9. The van der Waals surface area contributed by atoms with Crippen molar-refractivity contribution in [3.05, 3.63) is 71.3 Å². The van der Waals surface area contributed by atoms with Crippen molar-refractivity contribution in [3.63, 3.8) is 0 Å². The summed E-state index contributed by atoms with van der Waals surface area (Å²) in [5.41, 5.74) is 1.83. The fraction of sp³-hybridized carbons (Fsp3) is 0.533. The predicted molar refractivity (Wildman–Crippen MR) is 145 cm³/mol. The second kappa shape index (κ2) is 13.2. The summed E-state index contributed by atoms with van der Waals surface area (Å²) in [5, 5.41) is 3.05. The molecular formula is C30H40F2N4O2. The number of amides is 3. The summed E-state index contributed by atoms with van der Waals surface area (Å²) < 4.78 is 27.3. The molecule has 8 heteroatoms. The molecule has 38 heavy (non-hydrogen) atoms. The highest BCUT2D eigenvalue weighted by Crippen LogP contribution is 2.30. The third kappa shape index (κ3) is 7.31. The Kier molecular flexibility index (Phi) is 9.72. The van der Waals surface area contributed by atoms with Crippen LogP contribution < -0.4 is 5.32 Å². The lowest BCUT2D eigenvalue weighted by molar-refractivity contribution is -0.135. The minimum absolute atomic E-state index is 0.0402. The standard InChI is InChI=1S/C30H40F2N4O2/c1-22(2)21-27(33-30(38)36-15-5-3-4-6-16-36)29(37)35-19-17-34(18-20-35)28(23-7-11-25(31)12-8-23)24-9-13-26(32)14-10-24/h7-14,22,27-28H,3-6,15-21H2,1-2H3,(H,33,38)/t27-/m0/s1. The highest BCUT2D eigenvalue weighted by Gasteiger charge is 2.33. The van der Waals surface area contributed by atoms with Gasteiger partial charge >= 0.3 is 6.03 Å². The number of carbonyl (C=O) groups excluding carboxylic acids is 2. The van der Waals surface area contributed by atoms with Gasteiger partial charge in [-0.3, -0.25) is 9.69 Å². The number of carbonyl (C=O) groups is 2. The molecule has 4 rings (SSSR count). The van der Waals surface area contributed by atoms with Crippen molar-refractivity contribution in [3.8, 4) is 0 Å². The zero-order valence-corrected chi connectivity index (χ0v) is 22.5. The molecule has 2 aromatic carbocycles. The molecule has 3 amide bonds. The van der Waals surface area contributed by atoms with Crippen LogP contribution in [0.4, 0.5) is 13.6 Å². The monoisotopic (exact) mass is 526 g/mol.